The number of rotatable bonds is 3. The first-order valence-corrected chi connectivity index (χ1v) is 6.66. The van der Waals surface area contributed by atoms with E-state index < -0.39 is 0 Å². The van der Waals surface area contributed by atoms with Gasteiger partial charge in [-0.1, -0.05) is 6.07 Å². The first kappa shape index (κ1) is 13.8. The summed E-state index contributed by atoms with van der Waals surface area (Å²) in [6.07, 6.45) is 9.20. The Bertz CT molecular complexity index is 359. The van der Waals surface area contributed by atoms with Crippen LogP contribution < -0.4 is 5.32 Å². The third-order valence-electron chi connectivity index (χ3n) is 4.23. The van der Waals surface area contributed by atoms with E-state index in [1.54, 1.807) is 0 Å². The van der Waals surface area contributed by atoms with Gasteiger partial charge in [0.25, 0.3) is 0 Å². The molecule has 0 aromatic carbocycles. The number of halogens is 1. The van der Waals surface area contributed by atoms with Gasteiger partial charge in [-0.3, -0.25) is 9.88 Å². The zero-order valence-electron chi connectivity index (χ0n) is 10.9. The molecule has 2 aliphatic heterocycles. The van der Waals surface area contributed by atoms with Crippen molar-refractivity contribution in [3.05, 3.63) is 30.1 Å². The molecule has 100 valence electrons. The van der Waals surface area contributed by atoms with Gasteiger partial charge in [0.1, 0.15) is 0 Å². The summed E-state index contributed by atoms with van der Waals surface area (Å²) in [4.78, 5) is 6.69. The van der Waals surface area contributed by atoms with Gasteiger partial charge in [-0.15, -0.1) is 12.4 Å². The van der Waals surface area contributed by atoms with Crippen LogP contribution in [0, 0.1) is 0 Å². The standard InChI is InChI=1S/C14H21N3.ClH/c1-17(10-11-3-2-6-15-9-11)14-7-12-4-5-13(8-14)16-12;/h2-3,6,9,12-14,16H,4-5,7-8,10H2,1H3;1H. The summed E-state index contributed by atoms with van der Waals surface area (Å²) in [5.74, 6) is 0. The Balaban J connectivity index is 0.00000120. The van der Waals surface area contributed by atoms with E-state index in [-0.39, 0.29) is 12.4 Å². The Hall–Kier alpha value is -0.640. The van der Waals surface area contributed by atoms with E-state index in [1.165, 1.54) is 31.2 Å². The molecule has 0 spiro atoms. The molecule has 0 radical (unpaired) electrons. The molecule has 2 fully saturated rings. The zero-order chi connectivity index (χ0) is 11.7. The molecule has 0 saturated carbocycles. The highest BCUT2D eigenvalue weighted by molar-refractivity contribution is 5.85. The van der Waals surface area contributed by atoms with Crippen molar-refractivity contribution in [3.8, 4) is 0 Å². The first-order valence-electron chi connectivity index (χ1n) is 6.66. The second-order valence-corrected chi connectivity index (χ2v) is 5.54. The molecule has 3 heterocycles. The Morgan fingerprint density at radius 1 is 1.33 bits per heavy atom. The molecular weight excluding hydrogens is 246 g/mol. The van der Waals surface area contributed by atoms with Crippen LogP contribution in [0.3, 0.4) is 0 Å². The van der Waals surface area contributed by atoms with Crippen LogP contribution in [0.5, 0.6) is 0 Å². The second-order valence-electron chi connectivity index (χ2n) is 5.54. The van der Waals surface area contributed by atoms with Crippen LogP contribution >= 0.6 is 12.4 Å². The number of nitrogens with one attached hydrogen (secondary N) is 1. The lowest BCUT2D eigenvalue weighted by Gasteiger charge is -2.35. The van der Waals surface area contributed by atoms with Crippen LogP contribution in [0.4, 0.5) is 0 Å². The molecule has 0 amide bonds. The normalized spacial score (nSPS) is 30.2. The molecule has 18 heavy (non-hydrogen) atoms. The number of piperidine rings is 1. The Morgan fingerprint density at radius 3 is 2.67 bits per heavy atom. The highest BCUT2D eigenvalue weighted by atomic mass is 35.5. The second kappa shape index (κ2) is 6.00. The van der Waals surface area contributed by atoms with Crippen LogP contribution in [-0.2, 0) is 6.54 Å². The lowest BCUT2D eigenvalue weighted by Crippen LogP contribution is -2.46. The van der Waals surface area contributed by atoms with Crippen molar-refractivity contribution in [2.45, 2.75) is 50.4 Å². The summed E-state index contributed by atoms with van der Waals surface area (Å²) < 4.78 is 0. The zero-order valence-corrected chi connectivity index (χ0v) is 11.7. The molecule has 2 unspecified atom stereocenters. The van der Waals surface area contributed by atoms with Crippen molar-refractivity contribution in [3.63, 3.8) is 0 Å². The fourth-order valence-corrected chi connectivity index (χ4v) is 3.30. The van der Waals surface area contributed by atoms with Crippen LogP contribution in [0.15, 0.2) is 24.5 Å². The predicted octanol–water partition coefficient (Wildman–Crippen LogP) is 2.22. The van der Waals surface area contributed by atoms with Gasteiger partial charge in [0.2, 0.25) is 0 Å². The maximum Gasteiger partial charge on any atom is 0.0312 e. The predicted molar refractivity (Wildman–Crippen MR) is 75.9 cm³/mol. The van der Waals surface area contributed by atoms with Gasteiger partial charge in [-0.25, -0.2) is 0 Å². The Morgan fingerprint density at radius 2 is 2.06 bits per heavy atom. The maximum absolute atomic E-state index is 4.19. The van der Waals surface area contributed by atoms with E-state index >= 15 is 0 Å². The minimum atomic E-state index is 0. The average molecular weight is 268 g/mol. The molecule has 3 rings (SSSR count). The fraction of sp³-hybridized carbons (Fsp3) is 0.643. The third-order valence-corrected chi connectivity index (χ3v) is 4.23. The molecule has 1 aromatic rings. The molecule has 2 saturated heterocycles. The molecule has 0 aliphatic carbocycles. The van der Waals surface area contributed by atoms with Gasteiger partial charge in [-0.2, -0.15) is 0 Å². The van der Waals surface area contributed by atoms with Crippen molar-refractivity contribution >= 4 is 12.4 Å². The Labute approximate surface area is 115 Å². The van der Waals surface area contributed by atoms with Crippen LogP contribution in [0.2, 0.25) is 0 Å². The maximum atomic E-state index is 4.19. The van der Waals surface area contributed by atoms with Gasteiger partial charge in [0.15, 0.2) is 0 Å². The molecule has 2 aliphatic rings. The van der Waals surface area contributed by atoms with Crippen LogP contribution in [-0.4, -0.2) is 35.1 Å². The number of fused-ring (bicyclic) bond motifs is 2. The highest BCUT2D eigenvalue weighted by Crippen LogP contribution is 2.29. The smallest absolute Gasteiger partial charge is 0.0312 e. The Kier molecular flexibility index (Phi) is 4.60. The summed E-state index contributed by atoms with van der Waals surface area (Å²) >= 11 is 0. The summed E-state index contributed by atoms with van der Waals surface area (Å²) in [6.45, 7) is 1.03. The SMILES string of the molecule is CN(Cc1cccnc1)C1CC2CCC(C1)N2.Cl. The van der Waals surface area contributed by atoms with Crippen molar-refractivity contribution in [1.82, 2.24) is 15.2 Å². The lowest BCUT2D eigenvalue weighted by atomic mass is 9.98. The molecule has 1 N–H and O–H groups in total. The van der Waals surface area contributed by atoms with Crippen LogP contribution in [0.1, 0.15) is 31.2 Å². The monoisotopic (exact) mass is 267 g/mol. The van der Waals surface area contributed by atoms with E-state index in [0.717, 1.165) is 24.7 Å². The van der Waals surface area contributed by atoms with Crippen molar-refractivity contribution < 1.29 is 0 Å². The minimum absolute atomic E-state index is 0. The van der Waals surface area contributed by atoms with Gasteiger partial charge in [0.05, 0.1) is 0 Å². The molecular formula is C14H22ClN3. The first-order chi connectivity index (χ1) is 8.31. The van der Waals surface area contributed by atoms with E-state index in [9.17, 15) is 0 Å². The molecule has 1 aromatic heterocycles. The molecule has 4 heteroatoms. The summed E-state index contributed by atoms with van der Waals surface area (Å²) in [5, 5.41) is 3.70. The fourth-order valence-electron chi connectivity index (χ4n) is 3.30. The topological polar surface area (TPSA) is 28.2 Å². The average Bonchev–Trinajstić information content (AvgIpc) is 2.69. The number of nitrogens with zero attached hydrogens (tertiary/aromatic N) is 2. The van der Waals surface area contributed by atoms with Gasteiger partial charge in [0, 0.05) is 37.1 Å². The van der Waals surface area contributed by atoms with E-state index in [2.05, 4.69) is 28.3 Å². The van der Waals surface area contributed by atoms with E-state index in [4.69, 9.17) is 0 Å². The summed E-state index contributed by atoms with van der Waals surface area (Å²) in [5.41, 5.74) is 1.32. The largest absolute Gasteiger partial charge is 0.311 e. The lowest BCUT2D eigenvalue weighted by molar-refractivity contribution is 0.166. The van der Waals surface area contributed by atoms with Crippen molar-refractivity contribution in [2.75, 3.05) is 7.05 Å². The molecule has 2 bridgehead atoms. The van der Waals surface area contributed by atoms with Crippen molar-refractivity contribution in [2.24, 2.45) is 0 Å². The molecule has 2 atom stereocenters. The van der Waals surface area contributed by atoms with E-state index in [0.29, 0.717) is 0 Å². The van der Waals surface area contributed by atoms with Crippen molar-refractivity contribution in [1.29, 1.82) is 0 Å². The number of aromatic nitrogens is 1. The van der Waals surface area contributed by atoms with E-state index in [1.807, 2.05) is 18.5 Å². The van der Waals surface area contributed by atoms with Crippen LogP contribution in [0.25, 0.3) is 0 Å². The quantitative estimate of drug-likeness (QED) is 0.910. The highest BCUT2D eigenvalue weighted by Gasteiger charge is 2.34. The minimum Gasteiger partial charge on any atom is -0.311 e. The van der Waals surface area contributed by atoms with Gasteiger partial charge in [-0.05, 0) is 44.4 Å². The van der Waals surface area contributed by atoms with Gasteiger partial charge < -0.3 is 5.32 Å². The third kappa shape index (κ3) is 3.02. The number of hydrogen-bond acceptors (Lipinski definition) is 3. The number of hydrogen-bond donors (Lipinski definition) is 1. The summed E-state index contributed by atoms with van der Waals surface area (Å²) in [6, 6.07) is 6.48. The number of pyridine rings is 1. The summed E-state index contributed by atoms with van der Waals surface area (Å²) in [7, 11) is 2.25. The molecule has 3 nitrogen and oxygen atoms in total. The van der Waals surface area contributed by atoms with Gasteiger partial charge >= 0.3 is 0 Å².